The monoisotopic (exact) mass is 674 g/mol. The van der Waals surface area contributed by atoms with Crippen molar-refractivity contribution in [3.8, 4) is 0 Å². The minimum atomic E-state index is -4.14. The van der Waals surface area contributed by atoms with E-state index in [0.29, 0.717) is 17.6 Å². The second-order valence-electron chi connectivity index (χ2n) is 10.3. The van der Waals surface area contributed by atoms with Crippen molar-refractivity contribution in [2.24, 2.45) is 11.8 Å². The van der Waals surface area contributed by atoms with Crippen LogP contribution in [0, 0.1) is 11.8 Å². The SMILES string of the molecule is Nc1ncnc2c1ncn2[C@@H]1C[C@@H]2COP(=O)(S)O[C@H]3[C@H](F)[C@H](n4cnc5c(N)ncnc54)O[C@@H]3COP(=O)(S)OC[C@H]21. The van der Waals surface area contributed by atoms with Crippen LogP contribution in [0.15, 0.2) is 25.3 Å². The van der Waals surface area contributed by atoms with Crippen molar-refractivity contribution < 1.29 is 36.4 Å². The first-order chi connectivity index (χ1) is 20.5. The fourth-order valence-electron chi connectivity index (χ4n) is 5.64. The molecule has 2 aliphatic heterocycles. The van der Waals surface area contributed by atoms with E-state index >= 15 is 4.39 Å². The molecule has 1 aliphatic carbocycles. The van der Waals surface area contributed by atoms with Gasteiger partial charge in [-0.25, -0.2) is 43.4 Å². The molecular weight excluding hydrogens is 649 g/mol. The van der Waals surface area contributed by atoms with Gasteiger partial charge in [0.15, 0.2) is 35.3 Å². The third-order valence-corrected chi connectivity index (χ3v) is 11.1. The summed E-state index contributed by atoms with van der Waals surface area (Å²) in [6.45, 7) is -8.76. The molecule has 4 aromatic rings. The fraction of sp³-hybridized carbons (Fsp3) is 0.524. The first-order valence-electron chi connectivity index (χ1n) is 12.9. The Bertz CT molecular complexity index is 1800. The van der Waals surface area contributed by atoms with E-state index < -0.39 is 44.8 Å². The van der Waals surface area contributed by atoms with E-state index in [1.165, 1.54) is 23.5 Å². The standard InChI is InChI=1S/C21H25FN10O7P2S2/c22-13-16-12(38-21(13)32-8-30-15-18(24)26-6-28-20(15)32)4-37-40(33,42)36-3-10-9(2-35-41(34,43)39-16)1-11(10)31-7-29-14-17(23)25-5-27-19(14)31/h5-13,16,21H,1-4H2,(H,33,42)(H,34,43)(H2,23,25,27)(H2,24,26,28)/t9-,10-,11-,12-,13+,16-,21-,40?,41?/m1/s1. The normalized spacial score (nSPS) is 37.1. The first kappa shape index (κ1) is 29.3. The average molecular weight is 675 g/mol. The number of alkyl halides is 1. The highest BCUT2D eigenvalue weighted by atomic mass is 32.7. The van der Waals surface area contributed by atoms with Crippen molar-refractivity contribution in [1.29, 1.82) is 0 Å². The second-order valence-corrected chi connectivity index (χ2v) is 16.1. The molecular formula is C21H25FN10O7P2S2. The molecule has 2 unspecified atom stereocenters. The van der Waals surface area contributed by atoms with E-state index in [2.05, 4.69) is 54.4 Å². The van der Waals surface area contributed by atoms with Crippen LogP contribution in [0.1, 0.15) is 18.7 Å². The molecule has 0 spiro atoms. The van der Waals surface area contributed by atoms with Crippen molar-refractivity contribution >= 4 is 72.1 Å². The van der Waals surface area contributed by atoms with Gasteiger partial charge in [0.1, 0.15) is 35.9 Å². The van der Waals surface area contributed by atoms with Gasteiger partial charge in [0.25, 0.3) is 0 Å². The Morgan fingerprint density at radius 2 is 1.44 bits per heavy atom. The number of nitrogens with zero attached hydrogens (tertiary/aromatic N) is 8. The highest BCUT2D eigenvalue weighted by Gasteiger charge is 2.52. The summed E-state index contributed by atoms with van der Waals surface area (Å²) in [5.74, 6) is -0.234. The van der Waals surface area contributed by atoms with Gasteiger partial charge in [-0.1, -0.05) is 24.5 Å². The molecule has 6 heterocycles. The van der Waals surface area contributed by atoms with Crippen LogP contribution in [0.2, 0.25) is 0 Å². The molecule has 4 N–H and O–H groups in total. The van der Waals surface area contributed by atoms with Crippen LogP contribution in [0.3, 0.4) is 0 Å². The minimum absolute atomic E-state index is 0.0666. The van der Waals surface area contributed by atoms with Gasteiger partial charge in [0, 0.05) is 12.0 Å². The van der Waals surface area contributed by atoms with Crippen molar-refractivity contribution in [3.63, 3.8) is 0 Å². The van der Waals surface area contributed by atoms with Gasteiger partial charge in [-0.2, -0.15) is 0 Å². The van der Waals surface area contributed by atoms with Crippen LogP contribution in [0.4, 0.5) is 16.0 Å². The molecule has 43 heavy (non-hydrogen) atoms. The molecule has 9 atom stereocenters. The number of nitrogen functional groups attached to an aromatic ring is 2. The van der Waals surface area contributed by atoms with Crippen LogP contribution >= 0.6 is 38.1 Å². The lowest BCUT2D eigenvalue weighted by Gasteiger charge is -2.45. The lowest BCUT2D eigenvalue weighted by atomic mass is 9.70. The van der Waals surface area contributed by atoms with Crippen molar-refractivity contribution in [2.45, 2.75) is 37.1 Å². The zero-order valence-corrected chi connectivity index (χ0v) is 25.5. The van der Waals surface area contributed by atoms with E-state index in [1.54, 1.807) is 6.33 Å². The van der Waals surface area contributed by atoms with Gasteiger partial charge < -0.3 is 29.8 Å². The van der Waals surface area contributed by atoms with Gasteiger partial charge in [-0.3, -0.25) is 13.6 Å². The first-order valence-corrected chi connectivity index (χ1v) is 18.3. The molecule has 0 aromatic carbocycles. The molecule has 1 saturated carbocycles. The molecule has 22 heteroatoms. The Balaban J connectivity index is 1.14. The molecule has 3 aliphatic rings. The Morgan fingerprint density at radius 1 is 0.837 bits per heavy atom. The summed E-state index contributed by atoms with van der Waals surface area (Å²) >= 11 is 8.24. The lowest BCUT2D eigenvalue weighted by Crippen LogP contribution is -2.43. The number of hydrogen-bond acceptors (Lipinski definition) is 15. The number of aromatic nitrogens is 8. The largest absolute Gasteiger partial charge is 0.386 e. The number of halogens is 1. The number of fused-ring (bicyclic) bond motifs is 4. The fourth-order valence-corrected chi connectivity index (χ4v) is 8.34. The van der Waals surface area contributed by atoms with Crippen molar-refractivity contribution in [1.82, 2.24) is 39.0 Å². The highest BCUT2D eigenvalue weighted by Crippen LogP contribution is 2.60. The summed E-state index contributed by atoms with van der Waals surface area (Å²) in [6.07, 6.45) is -0.0820. The Kier molecular flexibility index (Phi) is 7.42. The highest BCUT2D eigenvalue weighted by molar-refractivity contribution is 8.44. The van der Waals surface area contributed by atoms with Crippen LogP contribution in [0.25, 0.3) is 22.3 Å². The molecule has 0 amide bonds. The molecule has 0 radical (unpaired) electrons. The van der Waals surface area contributed by atoms with E-state index in [-0.39, 0.29) is 53.9 Å². The molecule has 2 saturated heterocycles. The zero-order chi connectivity index (χ0) is 30.1. The van der Waals surface area contributed by atoms with Crippen LogP contribution in [-0.2, 0) is 32.0 Å². The Morgan fingerprint density at radius 3 is 2.14 bits per heavy atom. The maximum atomic E-state index is 16.0. The van der Waals surface area contributed by atoms with Crippen molar-refractivity contribution in [3.05, 3.63) is 25.3 Å². The minimum Gasteiger partial charge on any atom is -0.382 e. The smallest absolute Gasteiger partial charge is 0.382 e. The number of imidazole rings is 2. The van der Waals surface area contributed by atoms with Crippen molar-refractivity contribution in [2.75, 3.05) is 31.3 Å². The number of hydrogen-bond donors (Lipinski definition) is 4. The van der Waals surface area contributed by atoms with E-state index in [4.69, 9.17) is 34.3 Å². The maximum absolute atomic E-state index is 16.0. The third-order valence-electron chi connectivity index (χ3n) is 7.86. The molecule has 230 valence electrons. The third kappa shape index (κ3) is 5.32. The molecule has 7 rings (SSSR count). The molecule has 4 aromatic heterocycles. The molecule has 0 bridgehead atoms. The second kappa shape index (κ2) is 10.9. The van der Waals surface area contributed by atoms with Gasteiger partial charge in [0.2, 0.25) is 0 Å². The number of anilines is 2. The summed E-state index contributed by atoms with van der Waals surface area (Å²) in [5, 5.41) is 0. The van der Waals surface area contributed by atoms with E-state index in [1.807, 2.05) is 4.57 Å². The number of ether oxygens (including phenoxy) is 1. The zero-order valence-electron chi connectivity index (χ0n) is 21.9. The predicted molar refractivity (Wildman–Crippen MR) is 155 cm³/mol. The predicted octanol–water partition coefficient (Wildman–Crippen LogP) is 2.77. The van der Waals surface area contributed by atoms with Crippen LogP contribution in [-0.4, -0.2) is 77.2 Å². The van der Waals surface area contributed by atoms with E-state index in [9.17, 15) is 9.13 Å². The Hall–Kier alpha value is -2.41. The van der Waals surface area contributed by atoms with Gasteiger partial charge >= 0.3 is 13.6 Å². The van der Waals surface area contributed by atoms with Crippen LogP contribution < -0.4 is 11.5 Å². The van der Waals surface area contributed by atoms with E-state index in [0.717, 1.165) is 0 Å². The number of rotatable bonds is 2. The summed E-state index contributed by atoms with van der Waals surface area (Å²) in [7, 11) is 0. The maximum Gasteiger partial charge on any atom is 0.386 e. The summed E-state index contributed by atoms with van der Waals surface area (Å²) < 4.78 is 74.0. The summed E-state index contributed by atoms with van der Waals surface area (Å²) in [6, 6.07) is -0.215. The topological polar surface area (TPSA) is 220 Å². The van der Waals surface area contributed by atoms with Gasteiger partial charge in [-0.15, -0.1) is 0 Å². The number of thiol groups is 2. The van der Waals surface area contributed by atoms with Gasteiger partial charge in [-0.05, 0) is 12.3 Å². The summed E-state index contributed by atoms with van der Waals surface area (Å²) in [4.78, 5) is 24.7. The number of nitrogens with two attached hydrogens (primary N) is 2. The molecule has 3 fully saturated rings. The van der Waals surface area contributed by atoms with Crippen LogP contribution in [0.5, 0.6) is 0 Å². The Labute approximate surface area is 252 Å². The molecule has 17 nitrogen and oxygen atoms in total. The summed E-state index contributed by atoms with van der Waals surface area (Å²) in [5.41, 5.74) is 13.2. The average Bonchev–Trinajstić information content (AvgIpc) is 3.64. The quantitative estimate of drug-likeness (QED) is 0.177. The lowest BCUT2D eigenvalue weighted by molar-refractivity contribution is -0.0408. The van der Waals surface area contributed by atoms with Gasteiger partial charge in [0.05, 0.1) is 32.5 Å².